The van der Waals surface area contributed by atoms with Crippen LogP contribution in [0, 0.1) is 0 Å². The summed E-state index contributed by atoms with van der Waals surface area (Å²) in [5.41, 5.74) is 2.18. The number of ether oxygens (including phenoxy) is 2. The predicted molar refractivity (Wildman–Crippen MR) is 119 cm³/mol. The first-order valence-corrected chi connectivity index (χ1v) is 10.6. The van der Waals surface area contributed by atoms with Crippen LogP contribution in [0.15, 0.2) is 66.7 Å². The van der Waals surface area contributed by atoms with Gasteiger partial charge in [0.05, 0.1) is 31.0 Å². The Labute approximate surface area is 190 Å². The van der Waals surface area contributed by atoms with Crippen molar-refractivity contribution in [3.8, 4) is 11.6 Å². The molecule has 0 unspecified atom stereocenters. The lowest BCUT2D eigenvalue weighted by molar-refractivity contribution is 0.110. The second-order valence-corrected chi connectivity index (χ2v) is 7.97. The van der Waals surface area contributed by atoms with Crippen LogP contribution in [0.2, 0.25) is 5.02 Å². The van der Waals surface area contributed by atoms with Crippen LogP contribution in [-0.4, -0.2) is 45.4 Å². The van der Waals surface area contributed by atoms with Gasteiger partial charge in [-0.2, -0.15) is 0 Å². The molecule has 1 saturated heterocycles. The van der Waals surface area contributed by atoms with E-state index in [1.807, 2.05) is 24.3 Å². The van der Waals surface area contributed by atoms with Crippen LogP contribution in [0.3, 0.4) is 0 Å². The minimum Gasteiger partial charge on any atom is -0.447 e. The third-order valence-electron chi connectivity index (χ3n) is 5.24. The minimum absolute atomic E-state index is 0.123. The summed E-state index contributed by atoms with van der Waals surface area (Å²) in [7, 11) is 0. The monoisotopic (exact) mass is 454 g/mol. The first-order chi connectivity index (χ1) is 15.5. The van der Waals surface area contributed by atoms with Crippen LogP contribution in [0.4, 0.5) is 4.79 Å². The zero-order valence-corrected chi connectivity index (χ0v) is 18.0. The van der Waals surface area contributed by atoms with Gasteiger partial charge in [0.15, 0.2) is 0 Å². The average Bonchev–Trinajstić information content (AvgIpc) is 3.14. The molecular weight excluding hydrogens is 432 g/mol. The number of aliphatic hydroxyl groups is 2. The molecule has 0 aliphatic carbocycles. The zero-order chi connectivity index (χ0) is 22.5. The number of hydrogen-bond acceptors (Lipinski definition) is 6. The lowest BCUT2D eigenvalue weighted by atomic mass is 10.0. The number of carbonyl (C=O) groups excluding carboxylic acids is 1. The highest BCUT2D eigenvalue weighted by Gasteiger charge is 2.34. The Kier molecular flexibility index (Phi) is 6.90. The predicted octanol–water partition coefficient (Wildman–Crippen LogP) is 4.12. The number of β-amino-alcohol motifs (C(OH)–C–C–N with tert-alkyl or cyclic N) is 1. The van der Waals surface area contributed by atoms with Gasteiger partial charge in [0.25, 0.3) is 0 Å². The van der Waals surface area contributed by atoms with Gasteiger partial charge in [-0.3, -0.25) is 4.90 Å². The Balaban J connectivity index is 1.39. The quantitative estimate of drug-likeness (QED) is 0.532. The molecule has 2 atom stereocenters. The molecule has 8 heteroatoms. The number of cyclic esters (lactones) is 1. The van der Waals surface area contributed by atoms with Crippen LogP contribution in [0.5, 0.6) is 11.6 Å². The SMILES string of the molecule is O=C1OC[C@H](Cc2ccc(Oc3cccc(CO)n3)cc2)N1C[C@H](O)c1cccc(Cl)c1. The molecule has 2 N–H and O–H groups in total. The lowest BCUT2D eigenvalue weighted by Crippen LogP contribution is -2.38. The van der Waals surface area contributed by atoms with E-state index in [1.165, 1.54) is 0 Å². The highest BCUT2D eigenvalue weighted by Crippen LogP contribution is 2.25. The van der Waals surface area contributed by atoms with Crippen molar-refractivity contribution < 1.29 is 24.5 Å². The van der Waals surface area contributed by atoms with E-state index in [1.54, 1.807) is 47.4 Å². The summed E-state index contributed by atoms with van der Waals surface area (Å²) < 4.78 is 11.0. The number of hydrogen-bond donors (Lipinski definition) is 2. The van der Waals surface area contributed by atoms with Gasteiger partial charge in [0.1, 0.15) is 12.4 Å². The van der Waals surface area contributed by atoms with Crippen molar-refractivity contribution in [3.63, 3.8) is 0 Å². The summed E-state index contributed by atoms with van der Waals surface area (Å²) >= 11 is 6.01. The van der Waals surface area contributed by atoms with Gasteiger partial charge in [0.2, 0.25) is 5.88 Å². The third kappa shape index (κ3) is 5.37. The van der Waals surface area contributed by atoms with E-state index in [2.05, 4.69) is 4.98 Å². The summed E-state index contributed by atoms with van der Waals surface area (Å²) in [4.78, 5) is 18.0. The summed E-state index contributed by atoms with van der Waals surface area (Å²) in [6, 6.07) is 19.5. The topological polar surface area (TPSA) is 92.1 Å². The van der Waals surface area contributed by atoms with E-state index in [9.17, 15) is 15.0 Å². The van der Waals surface area contributed by atoms with Crippen molar-refractivity contribution in [1.82, 2.24) is 9.88 Å². The van der Waals surface area contributed by atoms with E-state index in [0.717, 1.165) is 5.56 Å². The van der Waals surface area contributed by atoms with Crippen molar-refractivity contribution >= 4 is 17.7 Å². The first-order valence-electron chi connectivity index (χ1n) is 10.2. The molecule has 0 bridgehead atoms. The Morgan fingerprint density at radius 3 is 2.69 bits per heavy atom. The number of halogens is 1. The van der Waals surface area contributed by atoms with Gasteiger partial charge in [-0.05, 0) is 47.9 Å². The van der Waals surface area contributed by atoms with E-state index in [-0.39, 0.29) is 25.8 Å². The van der Waals surface area contributed by atoms with Gasteiger partial charge < -0.3 is 19.7 Å². The maximum atomic E-state index is 12.2. The van der Waals surface area contributed by atoms with Gasteiger partial charge in [-0.1, -0.05) is 41.9 Å². The molecule has 3 aromatic rings. The number of amides is 1. The maximum Gasteiger partial charge on any atom is 0.410 e. The largest absolute Gasteiger partial charge is 0.447 e. The summed E-state index contributed by atoms with van der Waals surface area (Å²) in [6.45, 7) is 0.232. The number of rotatable bonds is 8. The number of nitrogens with zero attached hydrogens (tertiary/aromatic N) is 2. The van der Waals surface area contributed by atoms with E-state index < -0.39 is 12.2 Å². The van der Waals surface area contributed by atoms with Crippen LogP contribution < -0.4 is 4.74 Å². The van der Waals surface area contributed by atoms with E-state index in [4.69, 9.17) is 21.1 Å². The molecule has 0 radical (unpaired) electrons. The molecule has 0 spiro atoms. The van der Waals surface area contributed by atoms with Gasteiger partial charge in [-0.25, -0.2) is 9.78 Å². The van der Waals surface area contributed by atoms with Crippen LogP contribution >= 0.6 is 11.6 Å². The van der Waals surface area contributed by atoms with Crippen molar-refractivity contribution in [3.05, 3.63) is 88.6 Å². The molecule has 1 amide bonds. The Hall–Kier alpha value is -3.13. The zero-order valence-electron chi connectivity index (χ0n) is 17.2. The van der Waals surface area contributed by atoms with Gasteiger partial charge >= 0.3 is 6.09 Å². The molecule has 1 fully saturated rings. The van der Waals surface area contributed by atoms with Crippen molar-refractivity contribution in [1.29, 1.82) is 0 Å². The molecular formula is C24H23ClN2O5. The van der Waals surface area contributed by atoms with Gasteiger partial charge in [-0.15, -0.1) is 0 Å². The van der Waals surface area contributed by atoms with Crippen molar-refractivity contribution in [2.45, 2.75) is 25.2 Å². The first kappa shape index (κ1) is 22.1. The molecule has 4 rings (SSSR count). The number of benzene rings is 2. The maximum absolute atomic E-state index is 12.2. The highest BCUT2D eigenvalue weighted by atomic mass is 35.5. The smallest absolute Gasteiger partial charge is 0.410 e. The lowest BCUT2D eigenvalue weighted by Gasteiger charge is -2.24. The van der Waals surface area contributed by atoms with Crippen LogP contribution in [0.25, 0.3) is 0 Å². The van der Waals surface area contributed by atoms with E-state index >= 15 is 0 Å². The molecule has 32 heavy (non-hydrogen) atoms. The molecule has 166 valence electrons. The fourth-order valence-corrected chi connectivity index (χ4v) is 3.78. The minimum atomic E-state index is -0.861. The summed E-state index contributed by atoms with van der Waals surface area (Å²) in [5, 5.41) is 20.3. The Bertz CT molecular complexity index is 1080. The molecule has 1 aliphatic heterocycles. The Morgan fingerprint density at radius 1 is 1.16 bits per heavy atom. The second kappa shape index (κ2) is 9.99. The third-order valence-corrected chi connectivity index (χ3v) is 5.47. The van der Waals surface area contributed by atoms with Crippen molar-refractivity contribution in [2.24, 2.45) is 0 Å². The normalized spacial score (nSPS) is 16.7. The second-order valence-electron chi connectivity index (χ2n) is 7.53. The molecule has 1 aromatic heterocycles. The highest BCUT2D eigenvalue weighted by molar-refractivity contribution is 6.30. The summed E-state index contributed by atoms with van der Waals surface area (Å²) in [5.74, 6) is 1.02. The average molecular weight is 455 g/mol. The van der Waals surface area contributed by atoms with E-state index in [0.29, 0.717) is 34.3 Å². The standard InChI is InChI=1S/C24H23ClN2O5/c25-18-4-1-3-17(12-18)22(29)13-27-20(15-31-24(27)30)11-16-7-9-21(10-8-16)32-23-6-2-5-19(14-28)26-23/h1-10,12,20,22,28-29H,11,13-15H2/t20-,22-/m0/s1. The molecule has 0 saturated carbocycles. The Morgan fingerprint density at radius 2 is 1.94 bits per heavy atom. The molecule has 1 aliphatic rings. The fourth-order valence-electron chi connectivity index (χ4n) is 3.58. The molecule has 2 aromatic carbocycles. The van der Waals surface area contributed by atoms with Crippen LogP contribution in [-0.2, 0) is 17.8 Å². The number of aromatic nitrogens is 1. The summed E-state index contributed by atoms with van der Waals surface area (Å²) in [6.07, 6.45) is -0.724. The molecule has 7 nitrogen and oxygen atoms in total. The molecule has 2 heterocycles. The van der Waals surface area contributed by atoms with Crippen LogP contribution in [0.1, 0.15) is 22.9 Å². The number of carbonyl (C=O) groups is 1. The van der Waals surface area contributed by atoms with Crippen molar-refractivity contribution in [2.75, 3.05) is 13.2 Å². The number of pyridine rings is 1. The fraction of sp³-hybridized carbons (Fsp3) is 0.250. The number of aliphatic hydroxyl groups excluding tert-OH is 2. The van der Waals surface area contributed by atoms with Gasteiger partial charge in [0, 0.05) is 11.1 Å².